The Hall–Kier alpha value is -1.29. The van der Waals surface area contributed by atoms with Gasteiger partial charge in [0, 0.05) is 0 Å². The lowest BCUT2D eigenvalue weighted by atomic mass is 9.59. The Kier molecular flexibility index (Phi) is 10.6. The van der Waals surface area contributed by atoms with Crippen molar-refractivity contribution in [3.63, 3.8) is 0 Å². The van der Waals surface area contributed by atoms with Crippen LogP contribution in [0.3, 0.4) is 0 Å². The van der Waals surface area contributed by atoms with Crippen LogP contribution in [0.15, 0.2) is 36.5 Å². The second-order valence-electron chi connectivity index (χ2n) is 7.64. The molecule has 2 atom stereocenters. The Morgan fingerprint density at radius 1 is 1.16 bits per heavy atom. The summed E-state index contributed by atoms with van der Waals surface area (Å²) < 4.78 is 0. The van der Waals surface area contributed by atoms with Gasteiger partial charge in [0.05, 0.1) is 11.5 Å². The molecule has 1 nitrogen and oxygen atoms in total. The topological polar surface area (TPSA) is 23.8 Å². The van der Waals surface area contributed by atoms with Crippen molar-refractivity contribution in [1.82, 2.24) is 0 Å². The number of nitrogens with zero attached hydrogens (tertiary/aromatic N) is 1. The van der Waals surface area contributed by atoms with Crippen LogP contribution in [0, 0.1) is 28.6 Å². The van der Waals surface area contributed by atoms with Gasteiger partial charge in [-0.25, -0.2) is 0 Å². The minimum atomic E-state index is -0.313. The summed E-state index contributed by atoms with van der Waals surface area (Å²) in [6.45, 7) is 10.5. The summed E-state index contributed by atoms with van der Waals surface area (Å²) in [4.78, 5) is 0. The standard InChI is InChI=1S/C24H39N/c1-5-9-11-12-17-22(15-7-3)24(20-25,23-18-13-14-19-23)21(8-4)16-10-6-2/h6,8,10,16,22-23H,2,5,7,9,11-15,17-19H2,1,3-4H3/b16-10-,21-8+. The van der Waals surface area contributed by atoms with E-state index in [1.807, 2.05) is 12.2 Å². The smallest absolute Gasteiger partial charge is 0.0875 e. The predicted molar refractivity (Wildman–Crippen MR) is 110 cm³/mol. The van der Waals surface area contributed by atoms with E-state index >= 15 is 0 Å². The molecule has 1 fully saturated rings. The lowest BCUT2D eigenvalue weighted by molar-refractivity contribution is 0.164. The van der Waals surface area contributed by atoms with Crippen molar-refractivity contribution in [3.05, 3.63) is 36.5 Å². The molecular formula is C24H39N. The number of hydrogen-bond acceptors (Lipinski definition) is 1. The molecule has 0 heterocycles. The minimum Gasteiger partial charge on any atom is -0.197 e. The normalized spacial score (nSPS) is 19.7. The average molecular weight is 342 g/mol. The third-order valence-corrected chi connectivity index (χ3v) is 6.07. The van der Waals surface area contributed by atoms with Crippen LogP contribution in [0.4, 0.5) is 0 Å². The molecule has 1 saturated carbocycles. The van der Waals surface area contributed by atoms with E-state index in [2.05, 4.69) is 45.6 Å². The number of allylic oxidation sites excluding steroid dienone is 5. The zero-order valence-electron chi connectivity index (χ0n) is 16.9. The monoisotopic (exact) mass is 341 g/mol. The van der Waals surface area contributed by atoms with Gasteiger partial charge >= 0.3 is 0 Å². The highest BCUT2D eigenvalue weighted by atomic mass is 14.5. The summed E-state index contributed by atoms with van der Waals surface area (Å²) in [5.41, 5.74) is 0.920. The maximum atomic E-state index is 10.5. The van der Waals surface area contributed by atoms with E-state index in [9.17, 15) is 5.26 Å². The molecule has 2 unspecified atom stereocenters. The third-order valence-electron chi connectivity index (χ3n) is 6.07. The largest absolute Gasteiger partial charge is 0.197 e. The first kappa shape index (κ1) is 21.8. The average Bonchev–Trinajstić information content (AvgIpc) is 3.17. The Morgan fingerprint density at radius 3 is 2.40 bits per heavy atom. The van der Waals surface area contributed by atoms with Crippen LogP contribution in [0.5, 0.6) is 0 Å². The van der Waals surface area contributed by atoms with E-state index < -0.39 is 0 Å². The third kappa shape index (κ3) is 5.60. The van der Waals surface area contributed by atoms with Gasteiger partial charge in [-0.15, -0.1) is 0 Å². The molecule has 0 aromatic carbocycles. The summed E-state index contributed by atoms with van der Waals surface area (Å²) in [5, 5.41) is 10.5. The summed E-state index contributed by atoms with van der Waals surface area (Å²) in [5.74, 6) is 0.990. The summed E-state index contributed by atoms with van der Waals surface area (Å²) in [6, 6.07) is 2.89. The van der Waals surface area contributed by atoms with Gasteiger partial charge in [0.25, 0.3) is 0 Å². The van der Waals surface area contributed by atoms with Gasteiger partial charge in [0.2, 0.25) is 0 Å². The van der Waals surface area contributed by atoms with Crippen molar-refractivity contribution in [1.29, 1.82) is 5.26 Å². The number of hydrogen-bond donors (Lipinski definition) is 0. The zero-order valence-corrected chi connectivity index (χ0v) is 16.9. The van der Waals surface area contributed by atoms with Crippen LogP contribution in [0.1, 0.15) is 91.4 Å². The van der Waals surface area contributed by atoms with Crippen molar-refractivity contribution < 1.29 is 0 Å². The number of rotatable bonds is 12. The Labute approximate surface area is 156 Å². The Balaban J connectivity index is 3.21. The SMILES string of the molecule is C=C/C=C\C(=C/C)C(C#N)(C(CCC)CCCCCC)C1CCCC1. The molecule has 0 radical (unpaired) electrons. The quantitative estimate of drug-likeness (QED) is 0.263. The molecule has 0 aromatic rings. The fourth-order valence-corrected chi connectivity index (χ4v) is 4.84. The van der Waals surface area contributed by atoms with Crippen LogP contribution in [0.25, 0.3) is 0 Å². The molecule has 0 spiro atoms. The second kappa shape index (κ2) is 12.1. The van der Waals surface area contributed by atoms with E-state index in [0.717, 1.165) is 12.8 Å². The molecule has 1 rings (SSSR count). The molecule has 1 aliphatic carbocycles. The maximum absolute atomic E-state index is 10.5. The molecule has 0 bridgehead atoms. The Morgan fingerprint density at radius 2 is 1.88 bits per heavy atom. The van der Waals surface area contributed by atoms with Crippen molar-refractivity contribution in [2.45, 2.75) is 91.4 Å². The molecule has 0 aliphatic heterocycles. The first-order chi connectivity index (χ1) is 12.2. The Bertz CT molecular complexity index is 473. The summed E-state index contributed by atoms with van der Waals surface area (Å²) in [7, 11) is 0. The van der Waals surface area contributed by atoms with E-state index in [4.69, 9.17) is 0 Å². The lowest BCUT2D eigenvalue weighted by Gasteiger charge is -2.41. The van der Waals surface area contributed by atoms with Gasteiger partial charge in [-0.3, -0.25) is 0 Å². The second-order valence-corrected chi connectivity index (χ2v) is 7.64. The minimum absolute atomic E-state index is 0.313. The van der Waals surface area contributed by atoms with Crippen LogP contribution < -0.4 is 0 Å². The highest BCUT2D eigenvalue weighted by Gasteiger charge is 2.47. The van der Waals surface area contributed by atoms with E-state index in [0.29, 0.717) is 11.8 Å². The van der Waals surface area contributed by atoms with Crippen molar-refractivity contribution >= 4 is 0 Å². The highest BCUT2D eigenvalue weighted by molar-refractivity contribution is 5.37. The first-order valence-corrected chi connectivity index (χ1v) is 10.6. The van der Waals surface area contributed by atoms with E-state index in [1.165, 1.54) is 63.4 Å². The van der Waals surface area contributed by atoms with Gasteiger partial charge in [-0.05, 0) is 50.0 Å². The van der Waals surface area contributed by atoms with Crippen molar-refractivity contribution in [2.75, 3.05) is 0 Å². The fraction of sp³-hybridized carbons (Fsp3) is 0.708. The van der Waals surface area contributed by atoms with Crippen molar-refractivity contribution in [3.8, 4) is 6.07 Å². The van der Waals surface area contributed by atoms with Gasteiger partial charge in [0.15, 0.2) is 0 Å². The van der Waals surface area contributed by atoms with Crippen LogP contribution in [-0.2, 0) is 0 Å². The highest BCUT2D eigenvalue weighted by Crippen LogP contribution is 2.52. The molecule has 0 N–H and O–H groups in total. The first-order valence-electron chi connectivity index (χ1n) is 10.6. The number of unbranched alkanes of at least 4 members (excludes halogenated alkanes) is 3. The molecule has 0 aromatic heterocycles. The molecule has 0 saturated heterocycles. The van der Waals surface area contributed by atoms with E-state index in [-0.39, 0.29) is 5.41 Å². The predicted octanol–water partition coefficient (Wildman–Crippen LogP) is 7.76. The molecule has 25 heavy (non-hydrogen) atoms. The molecule has 0 amide bonds. The molecule has 140 valence electrons. The van der Waals surface area contributed by atoms with Crippen LogP contribution >= 0.6 is 0 Å². The van der Waals surface area contributed by atoms with Gasteiger partial charge < -0.3 is 0 Å². The lowest BCUT2D eigenvalue weighted by Crippen LogP contribution is -2.37. The van der Waals surface area contributed by atoms with Crippen LogP contribution in [0.2, 0.25) is 0 Å². The number of nitriles is 1. The van der Waals surface area contributed by atoms with Crippen LogP contribution in [-0.4, -0.2) is 0 Å². The maximum Gasteiger partial charge on any atom is 0.0875 e. The van der Waals surface area contributed by atoms with Gasteiger partial charge in [0.1, 0.15) is 0 Å². The molecule has 1 aliphatic rings. The zero-order chi connectivity index (χ0) is 18.5. The molecular weight excluding hydrogens is 302 g/mol. The summed E-state index contributed by atoms with van der Waals surface area (Å²) >= 11 is 0. The fourth-order valence-electron chi connectivity index (χ4n) is 4.84. The van der Waals surface area contributed by atoms with Crippen molar-refractivity contribution in [2.24, 2.45) is 17.3 Å². The molecule has 1 heteroatoms. The van der Waals surface area contributed by atoms with Gasteiger partial charge in [-0.2, -0.15) is 5.26 Å². The summed E-state index contributed by atoms with van der Waals surface area (Å²) in [6.07, 6.45) is 21.8. The van der Waals surface area contributed by atoms with Gasteiger partial charge in [-0.1, -0.05) is 89.7 Å². The van der Waals surface area contributed by atoms with E-state index in [1.54, 1.807) is 0 Å².